The van der Waals surface area contributed by atoms with Crippen LogP contribution in [0.25, 0.3) is 0 Å². The molecule has 2 rings (SSSR count). The van der Waals surface area contributed by atoms with Gasteiger partial charge in [0.2, 0.25) is 0 Å². The molecule has 1 heterocycles. The third-order valence-electron chi connectivity index (χ3n) is 3.60. The first-order valence-electron chi connectivity index (χ1n) is 8.15. The molecule has 26 heavy (non-hydrogen) atoms. The number of hydrogen-bond donors (Lipinski definition) is 2. The number of sulfonamides is 1. The zero-order chi connectivity index (χ0) is 19.3. The Morgan fingerprint density at radius 3 is 2.50 bits per heavy atom. The molecule has 0 saturated carbocycles. The van der Waals surface area contributed by atoms with Crippen LogP contribution in [0.4, 0.5) is 5.13 Å². The number of aromatic nitrogens is 1. The van der Waals surface area contributed by atoms with Gasteiger partial charge in [-0.2, -0.15) is 0 Å². The highest BCUT2D eigenvalue weighted by Gasteiger charge is 2.20. The van der Waals surface area contributed by atoms with E-state index in [9.17, 15) is 13.2 Å². The maximum Gasteiger partial charge on any atom is 0.263 e. The average Bonchev–Trinajstić information content (AvgIpc) is 2.94. The number of aryl methyl sites for hydroxylation is 1. The van der Waals surface area contributed by atoms with Crippen molar-refractivity contribution in [3.8, 4) is 5.75 Å². The van der Waals surface area contributed by atoms with E-state index in [2.05, 4.69) is 28.9 Å². The molecule has 0 fully saturated rings. The lowest BCUT2D eigenvalue weighted by Crippen LogP contribution is -2.25. The second-order valence-electron chi connectivity index (χ2n) is 6.15. The lowest BCUT2D eigenvalue weighted by molar-refractivity contribution is 0.0955. The fraction of sp³-hybridized carbons (Fsp3) is 0.412. The predicted molar refractivity (Wildman–Crippen MR) is 102 cm³/mol. The van der Waals surface area contributed by atoms with Crippen LogP contribution in [0, 0.1) is 12.8 Å². The summed E-state index contributed by atoms with van der Waals surface area (Å²) in [6, 6.07) is 6.02. The molecule has 0 unspecified atom stereocenters. The van der Waals surface area contributed by atoms with Crippen molar-refractivity contribution in [2.75, 3.05) is 18.4 Å². The average molecular weight is 398 g/mol. The van der Waals surface area contributed by atoms with E-state index < -0.39 is 10.0 Å². The minimum atomic E-state index is -3.78. The summed E-state index contributed by atoms with van der Waals surface area (Å²) in [5.74, 6) is 0.815. The summed E-state index contributed by atoms with van der Waals surface area (Å²) in [7, 11) is -2.28. The van der Waals surface area contributed by atoms with Crippen LogP contribution < -0.4 is 14.8 Å². The summed E-state index contributed by atoms with van der Waals surface area (Å²) in [5.41, 5.74) is 0.490. The van der Waals surface area contributed by atoms with Crippen molar-refractivity contribution < 1.29 is 17.9 Å². The number of nitrogens with zero attached hydrogens (tertiary/aromatic N) is 1. The number of nitrogens with one attached hydrogen (secondary N) is 2. The summed E-state index contributed by atoms with van der Waals surface area (Å²) in [4.78, 5) is 16.9. The van der Waals surface area contributed by atoms with Gasteiger partial charge in [-0.3, -0.25) is 9.52 Å². The van der Waals surface area contributed by atoms with E-state index in [1.807, 2.05) is 0 Å². The van der Waals surface area contributed by atoms with Gasteiger partial charge in [0, 0.05) is 6.54 Å². The number of carbonyl (C=O) groups excluding carboxylic acids is 1. The van der Waals surface area contributed by atoms with Gasteiger partial charge >= 0.3 is 0 Å². The van der Waals surface area contributed by atoms with Crippen LogP contribution >= 0.6 is 11.3 Å². The monoisotopic (exact) mass is 397 g/mol. The molecule has 0 bridgehead atoms. The fourth-order valence-electron chi connectivity index (χ4n) is 2.13. The molecule has 0 spiro atoms. The largest absolute Gasteiger partial charge is 0.497 e. The molecule has 0 atom stereocenters. The first-order chi connectivity index (χ1) is 12.2. The van der Waals surface area contributed by atoms with Gasteiger partial charge in [-0.25, -0.2) is 13.4 Å². The number of methoxy groups -OCH3 is 1. The van der Waals surface area contributed by atoms with Gasteiger partial charge in [-0.15, -0.1) is 0 Å². The quantitative estimate of drug-likeness (QED) is 0.713. The topological polar surface area (TPSA) is 97.4 Å². The van der Waals surface area contributed by atoms with Crippen LogP contribution in [0.1, 0.15) is 35.6 Å². The van der Waals surface area contributed by atoms with Crippen molar-refractivity contribution >= 4 is 32.4 Å². The summed E-state index contributed by atoms with van der Waals surface area (Å²) in [6.45, 7) is 6.41. The van der Waals surface area contributed by atoms with E-state index in [0.29, 0.717) is 28.8 Å². The maximum absolute atomic E-state index is 12.5. The van der Waals surface area contributed by atoms with E-state index >= 15 is 0 Å². The molecule has 0 saturated heterocycles. The Balaban J connectivity index is 2.11. The van der Waals surface area contributed by atoms with Crippen molar-refractivity contribution in [1.82, 2.24) is 10.3 Å². The molecule has 0 radical (unpaired) electrons. The van der Waals surface area contributed by atoms with E-state index in [0.717, 1.165) is 17.8 Å². The number of rotatable bonds is 8. The van der Waals surface area contributed by atoms with E-state index in [-0.39, 0.29) is 15.9 Å². The van der Waals surface area contributed by atoms with E-state index in [1.54, 1.807) is 19.1 Å². The van der Waals surface area contributed by atoms with Crippen molar-refractivity contribution in [2.24, 2.45) is 5.92 Å². The molecule has 142 valence electrons. The first-order valence-corrected chi connectivity index (χ1v) is 10.5. The first kappa shape index (κ1) is 20.2. The zero-order valence-corrected chi connectivity index (χ0v) is 16.8. The predicted octanol–water partition coefficient (Wildman–Crippen LogP) is 3.04. The van der Waals surface area contributed by atoms with Crippen LogP contribution in [0.2, 0.25) is 0 Å². The number of thiazole rings is 1. The molecule has 2 N–H and O–H groups in total. The standard InChI is InChI=1S/C17H23N3O4S2/c1-11(2)9-10-18-16(21)15-12(3)19-17(25-15)20-26(22,23)14-7-5-13(24-4)6-8-14/h5-8,11H,9-10H2,1-4H3,(H,18,21)(H,19,20). The van der Waals surface area contributed by atoms with Gasteiger partial charge in [0.05, 0.1) is 17.7 Å². The Labute approximate surface area is 157 Å². The second kappa shape index (κ2) is 8.50. The van der Waals surface area contributed by atoms with Crippen LogP contribution in [-0.4, -0.2) is 33.0 Å². The van der Waals surface area contributed by atoms with E-state index in [1.165, 1.54) is 19.2 Å². The molecular formula is C17H23N3O4S2. The summed E-state index contributed by atoms with van der Waals surface area (Å²) >= 11 is 1.02. The Kier molecular flexibility index (Phi) is 6.60. The molecule has 7 nitrogen and oxygen atoms in total. The number of anilines is 1. The molecule has 2 aromatic rings. The lowest BCUT2D eigenvalue weighted by atomic mass is 10.1. The maximum atomic E-state index is 12.5. The Hall–Kier alpha value is -2.13. The Morgan fingerprint density at radius 2 is 1.92 bits per heavy atom. The van der Waals surface area contributed by atoms with Gasteiger partial charge in [-0.1, -0.05) is 25.2 Å². The number of ether oxygens (including phenoxy) is 1. The molecule has 0 aliphatic heterocycles. The Bertz CT molecular complexity index is 859. The van der Waals surface area contributed by atoms with E-state index in [4.69, 9.17) is 4.74 Å². The van der Waals surface area contributed by atoms with Crippen LogP contribution in [0.5, 0.6) is 5.75 Å². The minimum Gasteiger partial charge on any atom is -0.497 e. The molecule has 1 amide bonds. The van der Waals surface area contributed by atoms with Crippen LogP contribution in [0.15, 0.2) is 29.2 Å². The van der Waals surface area contributed by atoms with Gasteiger partial charge < -0.3 is 10.1 Å². The van der Waals surface area contributed by atoms with Gasteiger partial charge in [0.1, 0.15) is 10.6 Å². The number of carbonyl (C=O) groups is 1. The minimum absolute atomic E-state index is 0.0917. The molecule has 9 heteroatoms. The summed E-state index contributed by atoms with van der Waals surface area (Å²) < 4.78 is 32.3. The SMILES string of the molecule is COc1ccc(S(=O)(=O)Nc2nc(C)c(C(=O)NCCC(C)C)s2)cc1. The summed E-state index contributed by atoms with van der Waals surface area (Å²) in [6.07, 6.45) is 0.876. The molecule has 1 aromatic heterocycles. The highest BCUT2D eigenvalue weighted by Crippen LogP contribution is 2.25. The molecule has 0 aliphatic carbocycles. The normalized spacial score (nSPS) is 11.4. The number of hydrogen-bond acceptors (Lipinski definition) is 6. The second-order valence-corrected chi connectivity index (χ2v) is 8.83. The van der Waals surface area contributed by atoms with Crippen LogP contribution in [0.3, 0.4) is 0 Å². The van der Waals surface area contributed by atoms with Crippen molar-refractivity contribution in [3.63, 3.8) is 0 Å². The van der Waals surface area contributed by atoms with Crippen molar-refractivity contribution in [3.05, 3.63) is 34.8 Å². The highest BCUT2D eigenvalue weighted by atomic mass is 32.2. The van der Waals surface area contributed by atoms with Crippen molar-refractivity contribution in [1.29, 1.82) is 0 Å². The van der Waals surface area contributed by atoms with Gasteiger partial charge in [-0.05, 0) is 43.5 Å². The number of amides is 1. The Morgan fingerprint density at radius 1 is 1.27 bits per heavy atom. The third kappa shape index (κ3) is 5.18. The third-order valence-corrected chi connectivity index (χ3v) is 6.16. The van der Waals surface area contributed by atoms with Crippen LogP contribution in [-0.2, 0) is 10.0 Å². The molecule has 0 aliphatic rings. The van der Waals surface area contributed by atoms with Gasteiger partial charge in [0.25, 0.3) is 15.9 Å². The highest BCUT2D eigenvalue weighted by molar-refractivity contribution is 7.93. The molecular weight excluding hydrogens is 374 g/mol. The van der Waals surface area contributed by atoms with Gasteiger partial charge in [0.15, 0.2) is 5.13 Å². The smallest absolute Gasteiger partial charge is 0.263 e. The fourth-order valence-corrected chi connectivity index (χ4v) is 4.25. The summed E-state index contributed by atoms with van der Waals surface area (Å²) in [5, 5.41) is 2.99. The number of benzene rings is 1. The molecule has 1 aromatic carbocycles. The zero-order valence-electron chi connectivity index (χ0n) is 15.2. The lowest BCUT2D eigenvalue weighted by Gasteiger charge is -2.06. The van der Waals surface area contributed by atoms with Crippen molar-refractivity contribution in [2.45, 2.75) is 32.1 Å².